The number of hydrogen-bond donors (Lipinski definition) is 2. The van der Waals surface area contributed by atoms with Crippen molar-refractivity contribution in [2.45, 2.75) is 0 Å². The summed E-state index contributed by atoms with van der Waals surface area (Å²) in [6, 6.07) is 0. The standard InChI is InChI=1S/C4H9O5P/c1-8-10(6,7)9-4-2-3-5/h2,4-5H,3H2,1H3,(H,6,7)/b4-2+. The van der Waals surface area contributed by atoms with Gasteiger partial charge < -0.3 is 9.63 Å². The zero-order valence-corrected chi connectivity index (χ0v) is 6.32. The molecular weight excluding hydrogens is 159 g/mol. The van der Waals surface area contributed by atoms with Crippen LogP contribution in [-0.2, 0) is 13.6 Å². The third-order valence-electron chi connectivity index (χ3n) is 0.626. The predicted molar refractivity (Wildman–Crippen MR) is 34.1 cm³/mol. The van der Waals surface area contributed by atoms with Gasteiger partial charge >= 0.3 is 7.82 Å². The molecule has 0 aromatic heterocycles. The Bertz CT molecular complexity index is 154. The first-order valence-electron chi connectivity index (χ1n) is 2.45. The average molecular weight is 168 g/mol. The van der Waals surface area contributed by atoms with E-state index in [1.54, 1.807) is 0 Å². The lowest BCUT2D eigenvalue weighted by Crippen LogP contribution is -1.84. The maximum Gasteiger partial charge on any atom is 0.526 e. The van der Waals surface area contributed by atoms with Crippen LogP contribution in [-0.4, -0.2) is 23.7 Å². The molecule has 0 spiro atoms. The summed E-state index contributed by atoms with van der Waals surface area (Å²) < 4.78 is 18.6. The van der Waals surface area contributed by atoms with Gasteiger partial charge in [0.05, 0.1) is 12.9 Å². The molecule has 0 aliphatic heterocycles. The van der Waals surface area contributed by atoms with E-state index in [9.17, 15) is 4.57 Å². The summed E-state index contributed by atoms with van der Waals surface area (Å²) in [5.41, 5.74) is 0. The van der Waals surface area contributed by atoms with Crippen molar-refractivity contribution in [3.63, 3.8) is 0 Å². The Labute approximate surface area is 58.5 Å². The van der Waals surface area contributed by atoms with Gasteiger partial charge in [-0.25, -0.2) is 4.57 Å². The van der Waals surface area contributed by atoms with E-state index in [1.165, 1.54) is 6.08 Å². The first-order chi connectivity index (χ1) is 4.62. The molecular formula is C4H9O5P. The van der Waals surface area contributed by atoms with Crippen molar-refractivity contribution in [1.29, 1.82) is 0 Å². The van der Waals surface area contributed by atoms with Gasteiger partial charge in [-0.2, -0.15) is 0 Å². The molecule has 1 atom stereocenters. The van der Waals surface area contributed by atoms with Crippen LogP contribution in [0.1, 0.15) is 0 Å². The second kappa shape index (κ2) is 4.46. The van der Waals surface area contributed by atoms with E-state index in [4.69, 9.17) is 10.00 Å². The maximum atomic E-state index is 10.4. The summed E-state index contributed by atoms with van der Waals surface area (Å²) in [5.74, 6) is 0. The molecule has 10 heavy (non-hydrogen) atoms. The summed E-state index contributed by atoms with van der Waals surface area (Å²) in [7, 11) is -2.85. The van der Waals surface area contributed by atoms with Gasteiger partial charge in [-0.15, -0.1) is 0 Å². The molecule has 6 heteroatoms. The molecule has 0 fully saturated rings. The lowest BCUT2D eigenvalue weighted by Gasteiger charge is -2.04. The molecule has 0 bridgehead atoms. The molecule has 5 nitrogen and oxygen atoms in total. The molecule has 0 heterocycles. The van der Waals surface area contributed by atoms with Crippen molar-refractivity contribution in [3.8, 4) is 0 Å². The molecule has 0 aromatic carbocycles. The van der Waals surface area contributed by atoms with E-state index in [1.807, 2.05) is 0 Å². The fourth-order valence-electron chi connectivity index (χ4n) is 0.206. The summed E-state index contributed by atoms with van der Waals surface area (Å²) >= 11 is 0. The van der Waals surface area contributed by atoms with E-state index in [0.29, 0.717) is 0 Å². The number of aliphatic hydroxyl groups excluding tert-OH is 1. The van der Waals surface area contributed by atoms with Crippen molar-refractivity contribution < 1.29 is 23.6 Å². The lowest BCUT2D eigenvalue weighted by atomic mass is 10.7. The third kappa shape index (κ3) is 4.52. The molecule has 0 aliphatic rings. The van der Waals surface area contributed by atoms with Gasteiger partial charge in [-0.05, 0) is 6.08 Å². The second-order valence-corrected chi connectivity index (χ2v) is 2.82. The van der Waals surface area contributed by atoms with Gasteiger partial charge in [0.1, 0.15) is 0 Å². The maximum absolute atomic E-state index is 10.4. The number of hydrogen-bond acceptors (Lipinski definition) is 4. The number of rotatable bonds is 4. The monoisotopic (exact) mass is 168 g/mol. The molecule has 2 N–H and O–H groups in total. The Balaban J connectivity index is 3.68. The Kier molecular flexibility index (Phi) is 4.31. The SMILES string of the molecule is COP(=O)(O)O/C=C/CO. The van der Waals surface area contributed by atoms with Gasteiger partial charge in [0.25, 0.3) is 0 Å². The van der Waals surface area contributed by atoms with Crippen molar-refractivity contribution in [1.82, 2.24) is 0 Å². The number of phosphoric ester groups is 1. The lowest BCUT2D eigenvalue weighted by molar-refractivity contribution is 0.221. The fourth-order valence-corrected chi connectivity index (χ4v) is 0.532. The minimum Gasteiger partial charge on any atom is -0.412 e. The largest absolute Gasteiger partial charge is 0.526 e. The Morgan fingerprint density at radius 2 is 2.30 bits per heavy atom. The van der Waals surface area contributed by atoms with Crippen molar-refractivity contribution in [2.75, 3.05) is 13.7 Å². The zero-order valence-electron chi connectivity index (χ0n) is 5.43. The molecule has 1 unspecified atom stereocenters. The predicted octanol–water partition coefficient (Wildman–Crippen LogP) is 0.256. The van der Waals surface area contributed by atoms with Gasteiger partial charge in [-0.3, -0.25) is 9.42 Å². The first kappa shape index (κ1) is 9.65. The van der Waals surface area contributed by atoms with Crippen LogP contribution in [0, 0.1) is 0 Å². The highest BCUT2D eigenvalue weighted by Gasteiger charge is 2.16. The van der Waals surface area contributed by atoms with E-state index >= 15 is 0 Å². The van der Waals surface area contributed by atoms with E-state index in [-0.39, 0.29) is 6.61 Å². The van der Waals surface area contributed by atoms with E-state index in [2.05, 4.69) is 9.05 Å². The van der Waals surface area contributed by atoms with Crippen LogP contribution >= 0.6 is 7.82 Å². The van der Waals surface area contributed by atoms with Crippen LogP contribution in [0.3, 0.4) is 0 Å². The first-order valence-corrected chi connectivity index (χ1v) is 3.94. The van der Waals surface area contributed by atoms with Crippen LogP contribution in [0.15, 0.2) is 12.3 Å². The summed E-state index contributed by atoms with van der Waals surface area (Å²) in [6.45, 7) is -0.246. The third-order valence-corrected chi connectivity index (χ3v) is 1.48. The van der Waals surface area contributed by atoms with Crippen molar-refractivity contribution in [3.05, 3.63) is 12.3 Å². The van der Waals surface area contributed by atoms with Gasteiger partial charge in [0.2, 0.25) is 0 Å². The van der Waals surface area contributed by atoms with Gasteiger partial charge in [0, 0.05) is 7.11 Å². The molecule has 0 saturated carbocycles. The Morgan fingerprint density at radius 3 is 2.70 bits per heavy atom. The number of phosphoric acid groups is 1. The Hall–Kier alpha value is -0.350. The highest BCUT2D eigenvalue weighted by atomic mass is 31.2. The zero-order chi connectivity index (χ0) is 8.04. The normalized spacial score (nSPS) is 17.1. The highest BCUT2D eigenvalue weighted by Crippen LogP contribution is 2.41. The second-order valence-electron chi connectivity index (χ2n) is 1.31. The quantitative estimate of drug-likeness (QED) is 0.465. The average Bonchev–Trinajstić information content (AvgIpc) is 1.89. The molecule has 0 rings (SSSR count). The van der Waals surface area contributed by atoms with E-state index in [0.717, 1.165) is 13.4 Å². The van der Waals surface area contributed by atoms with Crippen LogP contribution in [0.2, 0.25) is 0 Å². The van der Waals surface area contributed by atoms with Crippen LogP contribution in [0.25, 0.3) is 0 Å². The summed E-state index contributed by atoms with van der Waals surface area (Å²) in [6.07, 6.45) is 2.08. The van der Waals surface area contributed by atoms with Crippen LogP contribution in [0.5, 0.6) is 0 Å². The van der Waals surface area contributed by atoms with E-state index < -0.39 is 7.82 Å². The van der Waals surface area contributed by atoms with Crippen LogP contribution < -0.4 is 0 Å². The number of aliphatic hydroxyl groups is 1. The molecule has 0 saturated heterocycles. The minimum absolute atomic E-state index is 0.246. The highest BCUT2D eigenvalue weighted by molar-refractivity contribution is 7.47. The fraction of sp³-hybridized carbons (Fsp3) is 0.500. The summed E-state index contributed by atoms with van der Waals surface area (Å²) in [4.78, 5) is 8.53. The molecule has 0 aliphatic carbocycles. The molecule has 0 aromatic rings. The molecule has 0 radical (unpaired) electrons. The van der Waals surface area contributed by atoms with Crippen molar-refractivity contribution in [2.24, 2.45) is 0 Å². The van der Waals surface area contributed by atoms with Gasteiger partial charge in [-0.1, -0.05) is 0 Å². The topological polar surface area (TPSA) is 76.0 Å². The van der Waals surface area contributed by atoms with Crippen LogP contribution in [0.4, 0.5) is 0 Å². The smallest absolute Gasteiger partial charge is 0.412 e. The van der Waals surface area contributed by atoms with Gasteiger partial charge in [0.15, 0.2) is 0 Å². The van der Waals surface area contributed by atoms with Crippen molar-refractivity contribution >= 4 is 7.82 Å². The Morgan fingerprint density at radius 1 is 1.70 bits per heavy atom. The minimum atomic E-state index is -3.90. The summed E-state index contributed by atoms with van der Waals surface area (Å²) in [5, 5.41) is 8.16. The molecule has 0 amide bonds. The molecule has 60 valence electrons.